The summed E-state index contributed by atoms with van der Waals surface area (Å²) >= 11 is 0. The number of aromatic nitrogens is 1. The Hall–Kier alpha value is -2.41. The van der Waals surface area contributed by atoms with Crippen LogP contribution < -0.4 is 0 Å². The molecule has 1 nitrogen and oxygen atoms in total. The molecule has 1 heteroatoms. The lowest BCUT2D eigenvalue weighted by atomic mass is 9.98. The molecule has 1 heterocycles. The highest BCUT2D eigenvalue weighted by molar-refractivity contribution is 5.71. The standard InChI is InChI=1S/C19H17N/c1-14-8-6-7-11-17(14)18-12-13-19(20-15(18)2)16-9-4-3-5-10-16/h3-13H,1-2H3. The molecule has 0 aliphatic rings. The van der Waals surface area contributed by atoms with Crippen molar-refractivity contribution in [2.24, 2.45) is 0 Å². The third-order valence-corrected chi connectivity index (χ3v) is 3.59. The highest BCUT2D eigenvalue weighted by atomic mass is 14.7. The third kappa shape index (κ3) is 2.35. The second kappa shape index (κ2) is 5.30. The molecule has 0 radical (unpaired) electrons. The molecule has 0 bridgehead atoms. The van der Waals surface area contributed by atoms with Crippen molar-refractivity contribution in [3.8, 4) is 22.4 Å². The van der Waals surface area contributed by atoms with Gasteiger partial charge in [0.2, 0.25) is 0 Å². The SMILES string of the molecule is Cc1ccccc1-c1ccc(-c2ccccc2)nc1C. The van der Waals surface area contributed by atoms with Gasteiger partial charge in [-0.25, -0.2) is 0 Å². The van der Waals surface area contributed by atoms with Crippen molar-refractivity contribution < 1.29 is 0 Å². The summed E-state index contributed by atoms with van der Waals surface area (Å²) in [6, 6.07) is 23.0. The molecule has 20 heavy (non-hydrogen) atoms. The Morgan fingerprint density at radius 2 is 1.35 bits per heavy atom. The molecule has 0 amide bonds. The Morgan fingerprint density at radius 3 is 2.05 bits per heavy atom. The van der Waals surface area contributed by atoms with Crippen LogP contribution in [0.15, 0.2) is 66.7 Å². The summed E-state index contributed by atoms with van der Waals surface area (Å²) in [6.07, 6.45) is 0. The lowest BCUT2D eigenvalue weighted by molar-refractivity contribution is 1.20. The van der Waals surface area contributed by atoms with Gasteiger partial charge in [0.05, 0.1) is 5.69 Å². The van der Waals surface area contributed by atoms with Gasteiger partial charge in [0.15, 0.2) is 0 Å². The van der Waals surface area contributed by atoms with E-state index in [0.717, 1.165) is 17.0 Å². The number of hydrogen-bond donors (Lipinski definition) is 0. The van der Waals surface area contributed by atoms with Crippen LogP contribution in [0.5, 0.6) is 0 Å². The van der Waals surface area contributed by atoms with Gasteiger partial charge in [-0.3, -0.25) is 4.98 Å². The predicted molar refractivity (Wildman–Crippen MR) is 84.6 cm³/mol. The summed E-state index contributed by atoms with van der Waals surface area (Å²) in [4.78, 5) is 4.76. The number of nitrogens with zero attached hydrogens (tertiary/aromatic N) is 1. The van der Waals surface area contributed by atoms with Gasteiger partial charge in [0, 0.05) is 16.8 Å². The monoisotopic (exact) mass is 259 g/mol. The summed E-state index contributed by atoms with van der Waals surface area (Å²) < 4.78 is 0. The molecule has 0 unspecified atom stereocenters. The van der Waals surface area contributed by atoms with E-state index in [4.69, 9.17) is 4.98 Å². The van der Waals surface area contributed by atoms with Crippen molar-refractivity contribution >= 4 is 0 Å². The zero-order valence-electron chi connectivity index (χ0n) is 11.8. The first-order chi connectivity index (χ1) is 9.75. The second-order valence-corrected chi connectivity index (χ2v) is 5.01. The average Bonchev–Trinajstić information content (AvgIpc) is 2.49. The normalized spacial score (nSPS) is 10.5. The van der Waals surface area contributed by atoms with Crippen LogP contribution in [-0.4, -0.2) is 4.98 Å². The van der Waals surface area contributed by atoms with Crippen LogP contribution in [0.25, 0.3) is 22.4 Å². The number of rotatable bonds is 2. The highest BCUT2D eigenvalue weighted by Crippen LogP contribution is 2.27. The highest BCUT2D eigenvalue weighted by Gasteiger charge is 2.07. The molecule has 98 valence electrons. The van der Waals surface area contributed by atoms with E-state index in [1.807, 2.05) is 18.2 Å². The minimum atomic E-state index is 1.03. The molecular formula is C19H17N. The summed E-state index contributed by atoms with van der Waals surface area (Å²) in [6.45, 7) is 4.22. The molecule has 2 aromatic carbocycles. The molecule has 0 aliphatic carbocycles. The van der Waals surface area contributed by atoms with E-state index >= 15 is 0 Å². The van der Waals surface area contributed by atoms with Gasteiger partial charge >= 0.3 is 0 Å². The summed E-state index contributed by atoms with van der Waals surface area (Å²) in [5.41, 5.74) is 7.01. The van der Waals surface area contributed by atoms with Crippen LogP contribution >= 0.6 is 0 Å². The maximum absolute atomic E-state index is 4.76. The molecular weight excluding hydrogens is 242 g/mol. The van der Waals surface area contributed by atoms with E-state index in [1.165, 1.54) is 16.7 Å². The molecule has 1 aromatic heterocycles. The maximum atomic E-state index is 4.76. The fraction of sp³-hybridized carbons (Fsp3) is 0.105. The molecule has 3 rings (SSSR count). The number of hydrogen-bond acceptors (Lipinski definition) is 1. The van der Waals surface area contributed by atoms with Crippen LogP contribution in [0, 0.1) is 13.8 Å². The fourth-order valence-electron chi connectivity index (χ4n) is 2.49. The molecule has 3 aromatic rings. The number of aryl methyl sites for hydroxylation is 2. The first-order valence-electron chi connectivity index (χ1n) is 6.85. The Bertz CT molecular complexity index is 730. The predicted octanol–water partition coefficient (Wildman–Crippen LogP) is 5.03. The van der Waals surface area contributed by atoms with Crippen molar-refractivity contribution in [1.29, 1.82) is 0 Å². The smallest absolute Gasteiger partial charge is 0.0705 e. The zero-order valence-corrected chi connectivity index (χ0v) is 11.8. The van der Waals surface area contributed by atoms with Crippen molar-refractivity contribution in [3.05, 3.63) is 78.0 Å². The van der Waals surface area contributed by atoms with Crippen LogP contribution in [0.4, 0.5) is 0 Å². The van der Waals surface area contributed by atoms with Gasteiger partial charge in [0.1, 0.15) is 0 Å². The topological polar surface area (TPSA) is 12.9 Å². The van der Waals surface area contributed by atoms with Gasteiger partial charge in [-0.05, 0) is 31.0 Å². The molecule has 0 saturated carbocycles. The summed E-state index contributed by atoms with van der Waals surface area (Å²) in [5, 5.41) is 0. The molecule has 0 spiro atoms. The van der Waals surface area contributed by atoms with Crippen LogP contribution in [-0.2, 0) is 0 Å². The minimum Gasteiger partial charge on any atom is -0.252 e. The second-order valence-electron chi connectivity index (χ2n) is 5.01. The van der Waals surface area contributed by atoms with Crippen LogP contribution in [0.2, 0.25) is 0 Å². The number of benzene rings is 2. The zero-order chi connectivity index (χ0) is 13.9. The van der Waals surface area contributed by atoms with E-state index in [0.29, 0.717) is 0 Å². The Morgan fingerprint density at radius 1 is 0.650 bits per heavy atom. The maximum Gasteiger partial charge on any atom is 0.0705 e. The molecule has 0 N–H and O–H groups in total. The molecule has 0 fully saturated rings. The van der Waals surface area contributed by atoms with Gasteiger partial charge in [-0.1, -0.05) is 60.7 Å². The van der Waals surface area contributed by atoms with Gasteiger partial charge in [-0.2, -0.15) is 0 Å². The average molecular weight is 259 g/mol. The number of pyridine rings is 1. The van der Waals surface area contributed by atoms with Crippen LogP contribution in [0.1, 0.15) is 11.3 Å². The van der Waals surface area contributed by atoms with Gasteiger partial charge in [-0.15, -0.1) is 0 Å². The molecule has 0 atom stereocenters. The van der Waals surface area contributed by atoms with Crippen molar-refractivity contribution in [2.45, 2.75) is 13.8 Å². The van der Waals surface area contributed by atoms with Crippen molar-refractivity contribution in [3.63, 3.8) is 0 Å². The molecule has 0 aliphatic heterocycles. The minimum absolute atomic E-state index is 1.03. The molecule has 0 saturated heterocycles. The van der Waals surface area contributed by atoms with E-state index in [1.54, 1.807) is 0 Å². The van der Waals surface area contributed by atoms with E-state index in [9.17, 15) is 0 Å². The Balaban J connectivity index is 2.07. The summed E-state index contributed by atoms with van der Waals surface area (Å²) in [5.74, 6) is 0. The van der Waals surface area contributed by atoms with Gasteiger partial charge < -0.3 is 0 Å². The van der Waals surface area contributed by atoms with E-state index < -0.39 is 0 Å². The van der Waals surface area contributed by atoms with Crippen molar-refractivity contribution in [2.75, 3.05) is 0 Å². The Labute approximate surface area is 119 Å². The van der Waals surface area contributed by atoms with Gasteiger partial charge in [0.25, 0.3) is 0 Å². The quantitative estimate of drug-likeness (QED) is 0.628. The lowest BCUT2D eigenvalue weighted by Gasteiger charge is -2.10. The third-order valence-electron chi connectivity index (χ3n) is 3.59. The van der Waals surface area contributed by atoms with Crippen LogP contribution in [0.3, 0.4) is 0 Å². The van der Waals surface area contributed by atoms with Crippen molar-refractivity contribution in [1.82, 2.24) is 4.98 Å². The summed E-state index contributed by atoms with van der Waals surface area (Å²) in [7, 11) is 0. The fourth-order valence-corrected chi connectivity index (χ4v) is 2.49. The Kier molecular flexibility index (Phi) is 3.34. The first kappa shape index (κ1) is 12.6. The van der Waals surface area contributed by atoms with E-state index in [2.05, 4.69) is 62.4 Å². The largest absolute Gasteiger partial charge is 0.252 e. The van der Waals surface area contributed by atoms with E-state index in [-0.39, 0.29) is 0 Å². The lowest BCUT2D eigenvalue weighted by Crippen LogP contribution is -1.92. The first-order valence-corrected chi connectivity index (χ1v) is 6.85.